The number of rotatable bonds is 6. The number of phenols is 2. The van der Waals surface area contributed by atoms with Crippen molar-refractivity contribution in [2.75, 3.05) is 37.2 Å². The lowest BCUT2D eigenvalue weighted by Crippen LogP contribution is -2.41. The molecule has 2 saturated heterocycles. The van der Waals surface area contributed by atoms with Crippen molar-refractivity contribution in [2.24, 2.45) is 0 Å². The maximum atomic E-state index is 12.6. The van der Waals surface area contributed by atoms with E-state index in [-0.39, 0.29) is 60.4 Å². The predicted molar refractivity (Wildman–Crippen MR) is 200 cm³/mol. The molecule has 13 nitrogen and oxygen atoms in total. The number of aromatic hydroxyl groups is 2. The van der Waals surface area contributed by atoms with Crippen LogP contribution in [0.3, 0.4) is 0 Å². The minimum atomic E-state index is -3.66. The first-order valence-electron chi connectivity index (χ1n) is 16.9. The second-order valence-electron chi connectivity index (χ2n) is 12.5. The van der Waals surface area contributed by atoms with Gasteiger partial charge < -0.3 is 31.1 Å². The fourth-order valence-electron chi connectivity index (χ4n) is 5.59. The van der Waals surface area contributed by atoms with Gasteiger partial charge in [0.25, 0.3) is 0 Å². The highest BCUT2D eigenvalue weighted by molar-refractivity contribution is 7.91. The number of nitrogens with zero attached hydrogens (tertiary/aromatic N) is 2. The van der Waals surface area contributed by atoms with Crippen LogP contribution in [0, 0.1) is 0 Å². The zero-order valence-corrected chi connectivity index (χ0v) is 31.1. The van der Waals surface area contributed by atoms with E-state index < -0.39 is 19.7 Å². The third kappa shape index (κ3) is 10.8. The minimum absolute atomic E-state index is 0.0235. The average Bonchev–Trinajstić information content (AvgIpc) is 3.15. The summed E-state index contributed by atoms with van der Waals surface area (Å²) in [4.78, 5) is 36.8. The molecule has 282 valence electrons. The number of nitrogens with two attached hydrogens (primary N) is 1. The highest BCUT2D eigenvalue weighted by Crippen LogP contribution is 2.31. The number of Topliss-reactive ketones (excluding diaryl/α,β-unsaturated/α-hetero) is 1. The number of likely N-dealkylation sites (tertiary alicyclic amines) is 2. The molecule has 4 aromatic carbocycles. The molecule has 4 aromatic rings. The van der Waals surface area contributed by atoms with E-state index in [9.17, 15) is 41.4 Å². The number of carbonyl (C=O) groups excluding carboxylic acids is 3. The van der Waals surface area contributed by atoms with Crippen molar-refractivity contribution in [3.8, 4) is 11.5 Å². The van der Waals surface area contributed by atoms with Crippen molar-refractivity contribution >= 4 is 48.6 Å². The molecular weight excluding hydrogens is 721 g/mol. The van der Waals surface area contributed by atoms with Crippen molar-refractivity contribution in [3.63, 3.8) is 0 Å². The molecular formula is C38H44N4O9S2. The van der Waals surface area contributed by atoms with E-state index in [0.29, 0.717) is 44.7 Å². The van der Waals surface area contributed by atoms with Crippen LogP contribution in [-0.4, -0.2) is 86.7 Å². The molecule has 15 heteroatoms. The van der Waals surface area contributed by atoms with Gasteiger partial charge in [0, 0.05) is 71.0 Å². The first kappa shape index (κ1) is 40.4. The molecule has 53 heavy (non-hydrogen) atoms. The van der Waals surface area contributed by atoms with Crippen LogP contribution in [0.5, 0.6) is 11.5 Å². The fourth-order valence-corrected chi connectivity index (χ4v) is 8.20. The Bertz CT molecular complexity index is 2110. The Morgan fingerprint density at radius 3 is 1.51 bits per heavy atom. The van der Waals surface area contributed by atoms with Gasteiger partial charge in [-0.25, -0.2) is 16.8 Å². The summed E-state index contributed by atoms with van der Waals surface area (Å²) in [6.45, 7) is 5.69. The van der Waals surface area contributed by atoms with E-state index in [0.717, 1.165) is 18.9 Å². The first-order valence-corrected chi connectivity index (χ1v) is 19.9. The molecule has 2 aliphatic rings. The molecule has 0 atom stereocenters. The quantitative estimate of drug-likeness (QED) is 0.157. The first-order chi connectivity index (χ1) is 25.1. The minimum Gasteiger partial charge on any atom is -0.506 e. The highest BCUT2D eigenvalue weighted by Gasteiger charge is 2.23. The molecule has 2 fully saturated rings. The fraction of sp³-hybridized carbons (Fsp3) is 0.289. The Morgan fingerprint density at radius 1 is 0.642 bits per heavy atom. The van der Waals surface area contributed by atoms with Gasteiger partial charge in [0.05, 0.1) is 31.0 Å². The lowest BCUT2D eigenvalue weighted by atomic mass is 10.0. The second kappa shape index (κ2) is 17.9. The van der Waals surface area contributed by atoms with Crippen molar-refractivity contribution in [3.05, 3.63) is 97.1 Å². The van der Waals surface area contributed by atoms with Gasteiger partial charge in [-0.1, -0.05) is 36.4 Å². The van der Waals surface area contributed by atoms with Crippen molar-refractivity contribution < 1.29 is 41.4 Å². The van der Waals surface area contributed by atoms with Crippen LogP contribution < -0.4 is 11.1 Å². The van der Waals surface area contributed by atoms with Crippen molar-refractivity contribution in [2.45, 2.75) is 65.2 Å². The Hall–Kier alpha value is -5.41. The molecule has 0 aliphatic carbocycles. The lowest BCUT2D eigenvalue weighted by molar-refractivity contribution is -0.132. The van der Waals surface area contributed by atoms with Gasteiger partial charge in [-0.3, -0.25) is 14.4 Å². The molecule has 0 aromatic heterocycles. The predicted octanol–water partition coefficient (Wildman–Crippen LogP) is 4.65. The molecule has 5 N–H and O–H groups in total. The van der Waals surface area contributed by atoms with Crippen LogP contribution in [-0.2, 0) is 34.1 Å². The number of nitrogens with one attached hydrogen (secondary N) is 1. The van der Waals surface area contributed by atoms with Gasteiger partial charge in [0.1, 0.15) is 17.3 Å². The second-order valence-corrected chi connectivity index (χ2v) is 16.4. The number of nitrogen functional groups attached to an aromatic ring is 1. The summed E-state index contributed by atoms with van der Waals surface area (Å²) in [6.07, 6.45) is 2.64. The maximum Gasteiger partial charge on any atom is 0.219 e. The number of hydrogen-bond donors (Lipinski definition) is 4. The third-order valence-electron chi connectivity index (χ3n) is 8.77. The smallest absolute Gasteiger partial charge is 0.219 e. The molecule has 0 unspecified atom stereocenters. The normalized spacial score (nSPS) is 14.9. The molecule has 0 bridgehead atoms. The number of amides is 2. The Morgan fingerprint density at radius 2 is 1.08 bits per heavy atom. The Labute approximate surface area is 309 Å². The molecule has 0 spiro atoms. The summed E-state index contributed by atoms with van der Waals surface area (Å²) in [5.74, 6) is 0.0878. The summed E-state index contributed by atoms with van der Waals surface area (Å²) in [6, 6.07) is 24.5. The number of phenolic OH excluding ortho intramolecular Hbond substituents is 2. The molecule has 0 saturated carbocycles. The van der Waals surface area contributed by atoms with E-state index in [1.807, 2.05) is 0 Å². The van der Waals surface area contributed by atoms with Crippen molar-refractivity contribution in [1.29, 1.82) is 0 Å². The summed E-state index contributed by atoms with van der Waals surface area (Å²) >= 11 is 0. The summed E-state index contributed by atoms with van der Waals surface area (Å²) in [7, 11) is -7.25. The van der Waals surface area contributed by atoms with Crippen LogP contribution in [0.25, 0.3) is 0 Å². The number of carbonyl (C=O) groups is 3. The SMILES string of the molecule is CC(=O)N1CCC(=O)CC1.CC(=O)N1CCC(Nc2ccc(S(=O)(=O)c3ccccc3)cc2O)CC1.Nc1ccc(S(=O)(=O)c2ccccc2)cc1O. The van der Waals surface area contributed by atoms with E-state index in [2.05, 4.69) is 5.32 Å². The zero-order valence-electron chi connectivity index (χ0n) is 29.5. The Balaban J connectivity index is 0.000000198. The van der Waals surface area contributed by atoms with Crippen LogP contribution >= 0.6 is 0 Å². The topological polar surface area (TPSA) is 204 Å². The molecule has 0 radical (unpaired) electrons. The summed E-state index contributed by atoms with van der Waals surface area (Å²) in [5.41, 5.74) is 6.07. The molecule has 2 amide bonds. The molecule has 2 aliphatic heterocycles. The summed E-state index contributed by atoms with van der Waals surface area (Å²) in [5, 5.41) is 22.9. The van der Waals surface area contributed by atoms with Gasteiger partial charge in [-0.2, -0.15) is 0 Å². The van der Waals surface area contributed by atoms with Gasteiger partial charge in [-0.05, 0) is 61.4 Å². The number of anilines is 2. The van der Waals surface area contributed by atoms with Crippen LogP contribution in [0.4, 0.5) is 11.4 Å². The van der Waals surface area contributed by atoms with Gasteiger partial charge >= 0.3 is 0 Å². The van der Waals surface area contributed by atoms with E-state index in [4.69, 9.17) is 5.73 Å². The van der Waals surface area contributed by atoms with Crippen LogP contribution in [0.2, 0.25) is 0 Å². The number of benzene rings is 4. The number of hydrogen-bond acceptors (Lipinski definition) is 11. The van der Waals surface area contributed by atoms with E-state index >= 15 is 0 Å². The monoisotopic (exact) mass is 764 g/mol. The highest BCUT2D eigenvalue weighted by atomic mass is 32.2. The largest absolute Gasteiger partial charge is 0.506 e. The third-order valence-corrected chi connectivity index (χ3v) is 12.3. The standard InChI is InChI=1S/C19H22N2O4S.C12H11NO3S.C7H11NO2/c1-14(22)21-11-9-15(10-12-21)20-18-8-7-17(13-19(18)23)26(24,25)16-5-3-2-4-6-16;13-11-7-6-10(8-12(11)14)17(15,16)9-4-2-1-3-5-9;1-6(9)8-4-2-7(10)3-5-8/h2-8,13,15,20,23H,9-12H2,1H3;1-8,14H,13H2;2-5H2,1H3. The maximum absolute atomic E-state index is 12.6. The van der Waals surface area contributed by atoms with Crippen LogP contribution in [0.1, 0.15) is 39.5 Å². The molecule has 2 heterocycles. The summed E-state index contributed by atoms with van der Waals surface area (Å²) < 4.78 is 49.5. The van der Waals surface area contributed by atoms with E-state index in [1.54, 1.807) is 59.2 Å². The van der Waals surface area contributed by atoms with Gasteiger partial charge in [0.2, 0.25) is 31.5 Å². The van der Waals surface area contributed by atoms with E-state index in [1.165, 1.54) is 55.5 Å². The van der Waals surface area contributed by atoms with Gasteiger partial charge in [0.15, 0.2) is 0 Å². The zero-order chi connectivity index (χ0) is 38.8. The number of piperidine rings is 2. The number of sulfone groups is 2. The Kier molecular flexibility index (Phi) is 13.6. The van der Waals surface area contributed by atoms with Gasteiger partial charge in [-0.15, -0.1) is 0 Å². The molecule has 6 rings (SSSR count). The number of ketones is 1. The van der Waals surface area contributed by atoms with Crippen molar-refractivity contribution in [1.82, 2.24) is 9.80 Å². The average molecular weight is 765 g/mol. The van der Waals surface area contributed by atoms with Crippen LogP contribution in [0.15, 0.2) is 117 Å². The lowest BCUT2D eigenvalue weighted by Gasteiger charge is -2.32.